The average Bonchev–Trinajstić information content (AvgIpc) is 3.05. The number of hydrogen-bond acceptors (Lipinski definition) is 5. The molecule has 0 spiro atoms. The first-order valence-corrected chi connectivity index (χ1v) is 8.62. The maximum atomic E-state index is 12.7. The van der Waals surface area contributed by atoms with E-state index in [0.717, 1.165) is 19.4 Å². The number of aliphatic carboxylic acids is 1. The molecule has 3 rings (SSSR count). The first-order chi connectivity index (χ1) is 13.3. The van der Waals surface area contributed by atoms with Crippen LogP contribution >= 0.6 is 0 Å². The maximum absolute atomic E-state index is 12.7. The van der Waals surface area contributed by atoms with Crippen molar-refractivity contribution >= 4 is 11.9 Å². The van der Waals surface area contributed by atoms with E-state index in [2.05, 4.69) is 11.6 Å². The van der Waals surface area contributed by atoms with E-state index in [0.29, 0.717) is 18.8 Å². The van der Waals surface area contributed by atoms with Crippen LogP contribution in [0, 0.1) is 0 Å². The van der Waals surface area contributed by atoms with Crippen molar-refractivity contribution < 1.29 is 37.3 Å². The molecule has 0 aromatic carbocycles. The highest BCUT2D eigenvalue weighted by molar-refractivity contribution is 5.92. The number of ether oxygens (including phenoxy) is 2. The van der Waals surface area contributed by atoms with Gasteiger partial charge in [0.25, 0.3) is 5.91 Å². The number of fused-ring (bicyclic) bond motifs is 1. The Morgan fingerprint density at radius 2 is 2.14 bits per heavy atom. The highest BCUT2D eigenvalue weighted by Gasteiger charge is 2.46. The summed E-state index contributed by atoms with van der Waals surface area (Å²) in [6.07, 6.45) is 0.0935. The molecule has 10 heteroatoms. The second-order valence-electron chi connectivity index (χ2n) is 6.18. The molecular weight excluding hydrogens is 381 g/mol. The molecule has 2 aliphatic rings. The molecule has 3 heterocycles. The summed E-state index contributed by atoms with van der Waals surface area (Å²) in [4.78, 5) is 27.6. The lowest BCUT2D eigenvalue weighted by molar-refractivity contribution is -0.192. The van der Waals surface area contributed by atoms with E-state index in [4.69, 9.17) is 19.4 Å². The first kappa shape index (κ1) is 21.8. The lowest BCUT2D eigenvalue weighted by Crippen LogP contribution is -2.44. The van der Waals surface area contributed by atoms with E-state index in [1.165, 1.54) is 0 Å². The lowest BCUT2D eigenvalue weighted by atomic mass is 10.0. The summed E-state index contributed by atoms with van der Waals surface area (Å²) in [5, 5.41) is 7.12. The van der Waals surface area contributed by atoms with Gasteiger partial charge in [-0.05, 0) is 25.0 Å². The zero-order valence-corrected chi connectivity index (χ0v) is 15.0. The van der Waals surface area contributed by atoms with E-state index < -0.39 is 12.1 Å². The number of carboxylic acids is 1. The van der Waals surface area contributed by atoms with Crippen LogP contribution in [0.25, 0.3) is 0 Å². The van der Waals surface area contributed by atoms with Crippen molar-refractivity contribution in [3.05, 3.63) is 42.7 Å². The SMILES string of the molecule is C=CCO[C@@H]1CN(C(=O)c2ccccn2)[C@@H]2CCCO[C@@H]21.O=C(O)C(F)(F)F. The lowest BCUT2D eigenvalue weighted by Gasteiger charge is -2.31. The number of pyridine rings is 1. The minimum atomic E-state index is -5.08. The summed E-state index contributed by atoms with van der Waals surface area (Å²) in [7, 11) is 0. The standard InChI is InChI=1S/C16H20N2O3.C2HF3O2/c1-2-9-20-14-11-18(13-7-5-10-21-15(13)14)16(19)12-6-3-4-8-17-12;3-2(4,5)1(6)7/h2-4,6,8,13-15H,1,5,7,9-11H2;(H,6,7)/t13-,14-,15+;/m1./s1. The van der Waals surface area contributed by atoms with Gasteiger partial charge in [0.1, 0.15) is 17.9 Å². The third-order valence-electron chi connectivity index (χ3n) is 4.29. The molecule has 0 bridgehead atoms. The Kier molecular flexibility index (Phi) is 7.53. The summed E-state index contributed by atoms with van der Waals surface area (Å²) in [6, 6.07) is 5.47. The molecule has 3 atom stereocenters. The highest BCUT2D eigenvalue weighted by atomic mass is 19.4. The molecule has 2 saturated heterocycles. The Bertz CT molecular complexity index is 684. The number of rotatable bonds is 4. The van der Waals surface area contributed by atoms with Gasteiger partial charge in [0, 0.05) is 12.8 Å². The minimum absolute atomic E-state index is 0.0358. The van der Waals surface area contributed by atoms with E-state index >= 15 is 0 Å². The van der Waals surface area contributed by atoms with Crippen molar-refractivity contribution in [2.24, 2.45) is 0 Å². The fourth-order valence-corrected chi connectivity index (χ4v) is 3.12. The molecule has 0 unspecified atom stereocenters. The van der Waals surface area contributed by atoms with Crippen LogP contribution in [0.2, 0.25) is 0 Å². The second-order valence-corrected chi connectivity index (χ2v) is 6.18. The Morgan fingerprint density at radius 3 is 2.71 bits per heavy atom. The largest absolute Gasteiger partial charge is 0.490 e. The number of amides is 1. The van der Waals surface area contributed by atoms with Gasteiger partial charge < -0.3 is 19.5 Å². The fraction of sp³-hybridized carbons (Fsp3) is 0.500. The molecule has 28 heavy (non-hydrogen) atoms. The van der Waals surface area contributed by atoms with E-state index in [-0.39, 0.29) is 24.2 Å². The highest BCUT2D eigenvalue weighted by Crippen LogP contribution is 2.31. The van der Waals surface area contributed by atoms with E-state index in [1.807, 2.05) is 17.0 Å². The Balaban J connectivity index is 0.000000345. The van der Waals surface area contributed by atoms with Crippen LogP contribution in [0.5, 0.6) is 0 Å². The molecule has 1 N–H and O–H groups in total. The van der Waals surface area contributed by atoms with Crippen molar-refractivity contribution in [1.29, 1.82) is 0 Å². The Morgan fingerprint density at radius 1 is 1.43 bits per heavy atom. The van der Waals surface area contributed by atoms with Gasteiger partial charge in [0.2, 0.25) is 0 Å². The number of carbonyl (C=O) groups is 2. The zero-order valence-electron chi connectivity index (χ0n) is 15.0. The van der Waals surface area contributed by atoms with Crippen LogP contribution in [0.4, 0.5) is 13.2 Å². The normalized spacial score (nSPS) is 24.0. The Labute approximate surface area is 159 Å². The third kappa shape index (κ3) is 5.52. The number of halogens is 3. The van der Waals surface area contributed by atoms with Crippen molar-refractivity contribution in [3.63, 3.8) is 0 Å². The second kappa shape index (κ2) is 9.65. The molecule has 1 amide bonds. The van der Waals surface area contributed by atoms with E-state index in [1.54, 1.807) is 18.3 Å². The quantitative estimate of drug-likeness (QED) is 0.778. The van der Waals surface area contributed by atoms with Crippen LogP contribution in [0.3, 0.4) is 0 Å². The molecular formula is C18H21F3N2O5. The number of aromatic nitrogens is 1. The number of likely N-dealkylation sites (tertiary alicyclic amines) is 1. The summed E-state index contributed by atoms with van der Waals surface area (Å²) in [5.74, 6) is -2.80. The van der Waals surface area contributed by atoms with Crippen LogP contribution < -0.4 is 0 Å². The molecule has 7 nitrogen and oxygen atoms in total. The summed E-state index contributed by atoms with van der Waals surface area (Å²) < 4.78 is 43.4. The van der Waals surface area contributed by atoms with Gasteiger partial charge >= 0.3 is 12.1 Å². The summed E-state index contributed by atoms with van der Waals surface area (Å²) in [6.45, 7) is 5.44. The van der Waals surface area contributed by atoms with Crippen LogP contribution in [-0.2, 0) is 14.3 Å². The number of hydrogen-bond donors (Lipinski definition) is 1. The molecule has 0 radical (unpaired) electrons. The molecule has 0 saturated carbocycles. The number of carbonyl (C=O) groups excluding carboxylic acids is 1. The maximum Gasteiger partial charge on any atom is 0.490 e. The third-order valence-corrected chi connectivity index (χ3v) is 4.29. The number of carboxylic acid groups (broad SMARTS) is 1. The number of nitrogens with zero attached hydrogens (tertiary/aromatic N) is 2. The topological polar surface area (TPSA) is 89.0 Å². The predicted molar refractivity (Wildman–Crippen MR) is 91.7 cm³/mol. The van der Waals surface area contributed by atoms with Crippen molar-refractivity contribution in [1.82, 2.24) is 9.88 Å². The Hall–Kier alpha value is -2.46. The van der Waals surface area contributed by atoms with Crippen LogP contribution in [-0.4, -0.2) is 71.1 Å². The zero-order chi connectivity index (χ0) is 20.7. The van der Waals surface area contributed by atoms with Crippen LogP contribution in [0.1, 0.15) is 23.3 Å². The van der Waals surface area contributed by atoms with Gasteiger partial charge in [-0.15, -0.1) is 6.58 Å². The smallest absolute Gasteiger partial charge is 0.475 e. The van der Waals surface area contributed by atoms with Gasteiger partial charge in [-0.3, -0.25) is 9.78 Å². The molecule has 0 aliphatic carbocycles. The molecule has 2 fully saturated rings. The van der Waals surface area contributed by atoms with Crippen molar-refractivity contribution in [3.8, 4) is 0 Å². The monoisotopic (exact) mass is 402 g/mol. The molecule has 1 aromatic rings. The van der Waals surface area contributed by atoms with Gasteiger partial charge in [0.05, 0.1) is 19.2 Å². The van der Waals surface area contributed by atoms with Crippen molar-refractivity contribution in [2.75, 3.05) is 19.8 Å². The van der Waals surface area contributed by atoms with Crippen LogP contribution in [0.15, 0.2) is 37.1 Å². The van der Waals surface area contributed by atoms with Gasteiger partial charge in [-0.2, -0.15) is 13.2 Å². The predicted octanol–water partition coefficient (Wildman–Crippen LogP) is 2.29. The number of alkyl halides is 3. The molecule has 2 aliphatic heterocycles. The first-order valence-electron chi connectivity index (χ1n) is 8.62. The van der Waals surface area contributed by atoms with Crippen molar-refractivity contribution in [2.45, 2.75) is 37.3 Å². The summed E-state index contributed by atoms with van der Waals surface area (Å²) >= 11 is 0. The minimum Gasteiger partial charge on any atom is -0.475 e. The fourth-order valence-electron chi connectivity index (χ4n) is 3.12. The summed E-state index contributed by atoms with van der Waals surface area (Å²) in [5.41, 5.74) is 0.478. The average molecular weight is 402 g/mol. The molecule has 154 valence electrons. The van der Waals surface area contributed by atoms with Gasteiger partial charge in [-0.25, -0.2) is 4.79 Å². The molecule has 1 aromatic heterocycles. The van der Waals surface area contributed by atoms with E-state index in [9.17, 15) is 18.0 Å². The van der Waals surface area contributed by atoms with Gasteiger partial charge in [-0.1, -0.05) is 12.1 Å². The van der Waals surface area contributed by atoms with Gasteiger partial charge in [0.15, 0.2) is 0 Å².